The molecule has 0 aliphatic carbocycles. The van der Waals surface area contributed by atoms with Crippen molar-refractivity contribution in [3.05, 3.63) is 582 Å². The SMILES string of the molecule is c1ccc(-c2ccc(-n3c4ccc(-c5ccccc5)cc4c4cc(-c5ccc6c(c5)c5ccccc5n6-c5ccccc5)ccc43)cc2)cc1.c1ccc(-c2ccc3c4cc(-c5ccc6c(c5)c5ccc(-c7ccccc7)cc5n6-c5ccccc5)ccc4n(-c4ccccc4)c3c2)cc1.c1ccc(-c2cccc(-n3c4ccc(-c5ccccc5)cc4c4cc(-c5ccc6c(c5)c5ccccc5n6-c5ccccc5)ccc43)c2)cc1. The van der Waals surface area contributed by atoms with Crippen molar-refractivity contribution in [3.8, 4) is 134 Å². The third-order valence-corrected chi connectivity index (χ3v) is 30.3. The van der Waals surface area contributed by atoms with Gasteiger partial charge in [-0.25, -0.2) is 0 Å². The number of hydrogen-bond acceptors (Lipinski definition) is 0. The van der Waals surface area contributed by atoms with Gasteiger partial charge >= 0.3 is 0 Å². The lowest BCUT2D eigenvalue weighted by atomic mass is 9.99. The van der Waals surface area contributed by atoms with Crippen molar-refractivity contribution in [2.24, 2.45) is 0 Å². The Balaban J connectivity index is 0.000000108. The zero-order valence-corrected chi connectivity index (χ0v) is 82.1. The average molecular weight is 1910 g/mol. The third kappa shape index (κ3) is 15.6. The molecule has 0 bridgehead atoms. The van der Waals surface area contributed by atoms with E-state index in [0.717, 1.165) is 22.7 Å². The summed E-state index contributed by atoms with van der Waals surface area (Å²) >= 11 is 0. The van der Waals surface area contributed by atoms with Gasteiger partial charge in [0.05, 0.1) is 66.2 Å². The molecule has 6 nitrogen and oxygen atoms in total. The largest absolute Gasteiger partial charge is 0.309 e. The molecule has 6 heteroatoms. The first-order valence-electron chi connectivity index (χ1n) is 51.6. The summed E-state index contributed by atoms with van der Waals surface area (Å²) in [4.78, 5) is 0. The van der Waals surface area contributed by atoms with Gasteiger partial charge in [-0.05, 0) is 294 Å². The molecule has 0 fully saturated rings. The van der Waals surface area contributed by atoms with E-state index in [1.54, 1.807) is 0 Å². The maximum absolute atomic E-state index is 2.42. The van der Waals surface area contributed by atoms with Crippen molar-refractivity contribution in [2.75, 3.05) is 0 Å². The zero-order chi connectivity index (χ0) is 99.1. The van der Waals surface area contributed by atoms with Gasteiger partial charge in [0.1, 0.15) is 0 Å². The number of nitrogens with zero attached hydrogens (tertiary/aromatic N) is 6. The lowest BCUT2D eigenvalue weighted by Gasteiger charge is -2.11. The predicted octanol–water partition coefficient (Wildman–Crippen LogP) is 38.6. The van der Waals surface area contributed by atoms with Crippen molar-refractivity contribution < 1.29 is 0 Å². The van der Waals surface area contributed by atoms with Gasteiger partial charge in [-0.15, -0.1) is 0 Å². The van der Waals surface area contributed by atoms with E-state index < -0.39 is 0 Å². The molecule has 0 spiro atoms. The van der Waals surface area contributed by atoms with Gasteiger partial charge in [0.2, 0.25) is 0 Å². The summed E-state index contributed by atoms with van der Waals surface area (Å²) in [5.74, 6) is 0. The molecule has 702 valence electrons. The summed E-state index contributed by atoms with van der Waals surface area (Å²) in [6.45, 7) is 0. The fourth-order valence-corrected chi connectivity index (χ4v) is 23.2. The van der Waals surface area contributed by atoms with Crippen molar-refractivity contribution >= 4 is 131 Å². The molecule has 0 amide bonds. The van der Waals surface area contributed by atoms with Crippen LogP contribution in [0.5, 0.6) is 0 Å². The Morgan fingerprint density at radius 3 is 0.500 bits per heavy atom. The van der Waals surface area contributed by atoms with Crippen molar-refractivity contribution in [1.82, 2.24) is 27.4 Å². The van der Waals surface area contributed by atoms with Crippen LogP contribution in [0.1, 0.15) is 0 Å². The minimum atomic E-state index is 1.15. The van der Waals surface area contributed by atoms with Gasteiger partial charge in [0.15, 0.2) is 0 Å². The second-order valence-electron chi connectivity index (χ2n) is 39.0. The van der Waals surface area contributed by atoms with Crippen molar-refractivity contribution in [1.29, 1.82) is 0 Å². The highest BCUT2D eigenvalue weighted by molar-refractivity contribution is 6.18. The molecule has 0 atom stereocenters. The second-order valence-corrected chi connectivity index (χ2v) is 39.0. The van der Waals surface area contributed by atoms with Crippen molar-refractivity contribution in [2.45, 2.75) is 0 Å². The van der Waals surface area contributed by atoms with E-state index in [2.05, 4.69) is 610 Å². The first-order chi connectivity index (χ1) is 74.4. The van der Waals surface area contributed by atoms with E-state index in [-0.39, 0.29) is 0 Å². The van der Waals surface area contributed by atoms with Crippen molar-refractivity contribution in [3.63, 3.8) is 0 Å². The molecule has 6 heterocycles. The monoisotopic (exact) mass is 1910 g/mol. The number of hydrogen-bond donors (Lipinski definition) is 0. The molecule has 6 aromatic heterocycles. The van der Waals surface area contributed by atoms with Crippen LogP contribution in [0.4, 0.5) is 0 Å². The Morgan fingerprint density at radius 2 is 0.227 bits per heavy atom. The van der Waals surface area contributed by atoms with Crippen LogP contribution in [0.25, 0.3) is 265 Å². The molecule has 0 saturated carbocycles. The molecule has 0 radical (unpaired) electrons. The van der Waals surface area contributed by atoms with E-state index in [1.165, 1.54) is 242 Å². The first kappa shape index (κ1) is 87.8. The van der Waals surface area contributed by atoms with Crippen LogP contribution >= 0.6 is 0 Å². The Hall–Kier alpha value is -19.9. The summed E-state index contributed by atoms with van der Waals surface area (Å²) < 4.78 is 14.4. The van der Waals surface area contributed by atoms with Gasteiger partial charge in [-0.3, -0.25) is 0 Å². The lowest BCUT2D eigenvalue weighted by molar-refractivity contribution is 1.18. The summed E-state index contributed by atoms with van der Waals surface area (Å²) in [5, 5.41) is 15.0. The van der Waals surface area contributed by atoms with Crippen LogP contribution in [0.3, 0.4) is 0 Å². The second kappa shape index (κ2) is 37.4. The summed E-state index contributed by atoms with van der Waals surface area (Å²) in [6, 6.07) is 211. The number of aromatic nitrogens is 6. The molecule has 0 aliphatic heterocycles. The molecule has 0 unspecified atom stereocenters. The summed E-state index contributed by atoms with van der Waals surface area (Å²) in [7, 11) is 0. The highest BCUT2D eigenvalue weighted by Crippen LogP contribution is 2.47. The Labute approximate surface area is 868 Å². The van der Waals surface area contributed by atoms with E-state index in [1.807, 2.05) is 0 Å². The zero-order valence-electron chi connectivity index (χ0n) is 82.1. The van der Waals surface area contributed by atoms with Crippen LogP contribution in [0.15, 0.2) is 582 Å². The van der Waals surface area contributed by atoms with Crippen LogP contribution in [0.2, 0.25) is 0 Å². The van der Waals surface area contributed by atoms with Gasteiger partial charge in [0.25, 0.3) is 0 Å². The highest BCUT2D eigenvalue weighted by Gasteiger charge is 2.25. The number of rotatable bonds is 15. The van der Waals surface area contributed by atoms with E-state index in [0.29, 0.717) is 0 Å². The quantitative estimate of drug-likeness (QED) is 0.0979. The Morgan fingerprint density at radius 1 is 0.0733 bits per heavy atom. The third-order valence-electron chi connectivity index (χ3n) is 30.3. The van der Waals surface area contributed by atoms with E-state index in [4.69, 9.17) is 0 Å². The molecule has 30 aromatic rings. The number of para-hydroxylation sites is 6. The summed E-state index contributed by atoms with van der Waals surface area (Å²) in [5.41, 5.74) is 43.3. The minimum absolute atomic E-state index is 1.15. The smallest absolute Gasteiger partial charge is 0.0547 e. The Bertz CT molecular complexity index is 10200. The van der Waals surface area contributed by atoms with Crippen LogP contribution < -0.4 is 0 Å². The Kier molecular flexibility index (Phi) is 21.9. The van der Waals surface area contributed by atoms with Crippen LogP contribution in [0, 0.1) is 0 Å². The van der Waals surface area contributed by atoms with E-state index in [9.17, 15) is 0 Å². The molecule has 150 heavy (non-hydrogen) atoms. The lowest BCUT2D eigenvalue weighted by Crippen LogP contribution is -1.94. The molecule has 0 aliphatic rings. The standard InChI is InChI=1S/3C48H32N2/c1-5-13-33(14-6-1)37-21-25-41-43-29-35(23-27-45(43)49(47(41)31-37)39-17-9-3-10-18-39)36-24-28-46-44(30-36)42-26-22-38(34-15-7-2-8-16-34)32-48(42)50(46)40-19-11-4-12-20-40;1-4-13-33(14-5-1)35-17-12-20-40(29-35)50-47-26-23-36(34-15-6-2-7-16-34)30-43(47)44-32-38(25-28-48(44)50)37-24-27-46-42(31-37)41-21-10-11-22-45(41)49(46)39-18-8-3-9-19-39;1-4-12-33(13-5-1)35-20-25-40(26-21-35)50-47-27-22-36(34-14-6-2-7-15-34)30-43(47)44-32-38(24-29-48(44)50)37-23-28-46-42(31-37)41-18-10-11-19-45(41)49(46)39-16-8-3-9-17-39/h3*1-32H. The fraction of sp³-hybridized carbons (Fsp3) is 0. The molecule has 30 rings (SSSR count). The number of benzene rings is 24. The van der Waals surface area contributed by atoms with Gasteiger partial charge in [0, 0.05) is 98.8 Å². The minimum Gasteiger partial charge on any atom is -0.309 e. The van der Waals surface area contributed by atoms with Gasteiger partial charge in [-0.1, -0.05) is 388 Å². The van der Waals surface area contributed by atoms with Gasteiger partial charge < -0.3 is 27.4 Å². The molecular weight excluding hydrogens is 1810 g/mol. The van der Waals surface area contributed by atoms with Gasteiger partial charge in [-0.2, -0.15) is 0 Å². The topological polar surface area (TPSA) is 29.6 Å². The predicted molar refractivity (Wildman–Crippen MR) is 634 cm³/mol. The average Bonchev–Trinajstić information content (AvgIpc) is 1.58. The molecular formula is C144H96N6. The normalized spacial score (nSPS) is 11.6. The number of fused-ring (bicyclic) bond motifs is 18. The summed E-state index contributed by atoms with van der Waals surface area (Å²) in [6.07, 6.45) is 0. The fourth-order valence-electron chi connectivity index (χ4n) is 23.2. The maximum atomic E-state index is 2.42. The molecule has 0 N–H and O–H groups in total. The van der Waals surface area contributed by atoms with Crippen LogP contribution in [-0.2, 0) is 0 Å². The molecule has 24 aromatic carbocycles. The maximum Gasteiger partial charge on any atom is 0.0547 e. The highest BCUT2D eigenvalue weighted by atomic mass is 15.0. The van der Waals surface area contributed by atoms with E-state index >= 15 is 0 Å². The molecule has 0 saturated heterocycles. The van der Waals surface area contributed by atoms with Crippen LogP contribution in [-0.4, -0.2) is 27.4 Å². The first-order valence-corrected chi connectivity index (χ1v) is 51.6.